The van der Waals surface area contributed by atoms with Crippen molar-refractivity contribution in [1.82, 2.24) is 9.99 Å². The number of rotatable bonds is 7. The van der Waals surface area contributed by atoms with Crippen LogP contribution in [0.1, 0.15) is 37.7 Å². The first kappa shape index (κ1) is 23.5. The summed E-state index contributed by atoms with van der Waals surface area (Å²) in [5, 5.41) is 4.04. The van der Waals surface area contributed by atoms with Gasteiger partial charge in [0.1, 0.15) is 0 Å². The van der Waals surface area contributed by atoms with Crippen LogP contribution in [0.2, 0.25) is 0 Å². The Morgan fingerprint density at radius 3 is 2.17 bits per heavy atom. The molecule has 1 amide bonds. The van der Waals surface area contributed by atoms with E-state index in [0.29, 0.717) is 22.4 Å². The lowest BCUT2D eigenvalue weighted by Crippen LogP contribution is -2.17. The van der Waals surface area contributed by atoms with E-state index in [1.165, 1.54) is 13.3 Å². The highest BCUT2D eigenvalue weighted by Gasteiger charge is 2.12. The normalized spacial score (nSPS) is 10.8. The van der Waals surface area contributed by atoms with Gasteiger partial charge >= 0.3 is 5.97 Å². The Bertz CT molecular complexity index is 1350. The Kier molecular flexibility index (Phi) is 7.07. The maximum absolute atomic E-state index is 12.5. The van der Waals surface area contributed by atoms with E-state index in [9.17, 15) is 9.59 Å². The molecule has 0 bridgehead atoms. The van der Waals surface area contributed by atoms with Crippen LogP contribution in [0.4, 0.5) is 0 Å². The minimum absolute atomic E-state index is 0.288. The molecular weight excluding hydrogens is 442 g/mol. The fourth-order valence-electron chi connectivity index (χ4n) is 3.65. The number of benzene rings is 3. The van der Waals surface area contributed by atoms with Gasteiger partial charge in [-0.05, 0) is 86.1 Å². The summed E-state index contributed by atoms with van der Waals surface area (Å²) in [5.41, 5.74) is 7.37. The van der Waals surface area contributed by atoms with Crippen LogP contribution in [-0.2, 0) is 0 Å². The summed E-state index contributed by atoms with van der Waals surface area (Å²) >= 11 is 0. The second-order valence-electron chi connectivity index (χ2n) is 7.86. The zero-order chi connectivity index (χ0) is 24.8. The van der Waals surface area contributed by atoms with Crippen LogP contribution in [0, 0.1) is 13.8 Å². The minimum Gasteiger partial charge on any atom is -0.493 e. The summed E-state index contributed by atoms with van der Waals surface area (Å²) in [5.74, 6) is -0.147. The highest BCUT2D eigenvalue weighted by Crippen LogP contribution is 2.28. The molecule has 0 saturated carbocycles. The second kappa shape index (κ2) is 10.5. The average Bonchev–Trinajstić information content (AvgIpc) is 3.22. The summed E-state index contributed by atoms with van der Waals surface area (Å²) in [4.78, 5) is 24.8. The molecule has 7 nitrogen and oxygen atoms in total. The Labute approximate surface area is 203 Å². The third-order valence-electron chi connectivity index (χ3n) is 5.44. The van der Waals surface area contributed by atoms with Crippen LogP contribution < -0.4 is 14.9 Å². The monoisotopic (exact) mass is 467 g/mol. The molecule has 0 saturated heterocycles. The number of carbonyl (C=O) groups is 2. The van der Waals surface area contributed by atoms with Gasteiger partial charge in [-0.1, -0.05) is 18.2 Å². The number of ether oxygens (including phenoxy) is 2. The smallest absolute Gasteiger partial charge is 0.343 e. The molecule has 0 aliphatic carbocycles. The van der Waals surface area contributed by atoms with Crippen molar-refractivity contribution < 1.29 is 19.1 Å². The first-order chi connectivity index (χ1) is 17.0. The zero-order valence-corrected chi connectivity index (χ0v) is 19.7. The number of hydrogen-bond donors (Lipinski definition) is 1. The van der Waals surface area contributed by atoms with Crippen molar-refractivity contribution >= 4 is 18.1 Å². The number of hydrogen-bond acceptors (Lipinski definition) is 5. The predicted molar refractivity (Wildman–Crippen MR) is 135 cm³/mol. The fourth-order valence-corrected chi connectivity index (χ4v) is 3.65. The molecule has 4 rings (SSSR count). The first-order valence-electron chi connectivity index (χ1n) is 11.0. The van der Waals surface area contributed by atoms with E-state index < -0.39 is 5.97 Å². The molecule has 0 unspecified atom stereocenters. The highest BCUT2D eigenvalue weighted by molar-refractivity contribution is 5.95. The predicted octanol–water partition coefficient (Wildman–Crippen LogP) is 5.09. The number of aryl methyl sites for hydroxylation is 2. The standard InChI is InChI=1S/C28H25N3O4/c1-19-9-10-20(2)31(19)24-14-12-22(13-15-24)27(32)30-29-18-21-11-16-25(26(17-21)34-3)35-28(33)23-7-5-4-6-8-23/h4-18H,1-3H3,(H,30,32)/b29-18-. The summed E-state index contributed by atoms with van der Waals surface area (Å²) in [6.07, 6.45) is 1.49. The van der Waals surface area contributed by atoms with E-state index in [0.717, 1.165) is 17.1 Å². The van der Waals surface area contributed by atoms with Gasteiger partial charge in [0.05, 0.1) is 18.9 Å². The lowest BCUT2D eigenvalue weighted by atomic mass is 10.2. The molecule has 1 heterocycles. The van der Waals surface area contributed by atoms with Crippen LogP contribution in [0.25, 0.3) is 5.69 Å². The Morgan fingerprint density at radius 1 is 0.829 bits per heavy atom. The SMILES string of the molecule is COc1cc(/C=N\NC(=O)c2ccc(-n3c(C)ccc3C)cc2)ccc1OC(=O)c1ccccc1. The van der Waals surface area contributed by atoms with Gasteiger partial charge in [0.25, 0.3) is 5.91 Å². The summed E-state index contributed by atoms with van der Waals surface area (Å²) in [6, 6.07) is 25.1. The number of methoxy groups -OCH3 is 1. The number of carbonyl (C=O) groups excluding carboxylic acids is 2. The third-order valence-corrected chi connectivity index (χ3v) is 5.44. The largest absolute Gasteiger partial charge is 0.493 e. The molecule has 0 aliphatic rings. The molecule has 1 N–H and O–H groups in total. The number of nitrogens with zero attached hydrogens (tertiary/aromatic N) is 2. The van der Waals surface area contributed by atoms with Gasteiger partial charge in [-0.25, -0.2) is 10.2 Å². The van der Waals surface area contributed by atoms with Crippen molar-refractivity contribution in [1.29, 1.82) is 0 Å². The van der Waals surface area contributed by atoms with Crippen LogP contribution in [0.3, 0.4) is 0 Å². The molecule has 0 radical (unpaired) electrons. The molecule has 3 aromatic carbocycles. The van der Waals surface area contributed by atoms with Crippen molar-refractivity contribution in [3.63, 3.8) is 0 Å². The van der Waals surface area contributed by atoms with Gasteiger partial charge in [0.2, 0.25) is 0 Å². The van der Waals surface area contributed by atoms with Crippen molar-refractivity contribution in [2.45, 2.75) is 13.8 Å². The molecule has 0 aliphatic heterocycles. The van der Waals surface area contributed by atoms with Crippen molar-refractivity contribution in [2.75, 3.05) is 7.11 Å². The number of esters is 1. The maximum Gasteiger partial charge on any atom is 0.343 e. The quantitative estimate of drug-likeness (QED) is 0.178. The molecule has 35 heavy (non-hydrogen) atoms. The molecular formula is C28H25N3O4. The minimum atomic E-state index is -0.481. The van der Waals surface area contributed by atoms with E-state index in [4.69, 9.17) is 9.47 Å². The highest BCUT2D eigenvalue weighted by atomic mass is 16.6. The van der Waals surface area contributed by atoms with Crippen LogP contribution in [-0.4, -0.2) is 29.8 Å². The molecule has 0 atom stereocenters. The molecule has 1 aromatic heterocycles. The van der Waals surface area contributed by atoms with Gasteiger partial charge in [-0.15, -0.1) is 0 Å². The van der Waals surface area contributed by atoms with Crippen molar-refractivity contribution in [3.05, 3.63) is 113 Å². The number of aromatic nitrogens is 1. The van der Waals surface area contributed by atoms with Crippen LogP contribution in [0.5, 0.6) is 11.5 Å². The number of hydrazone groups is 1. The van der Waals surface area contributed by atoms with E-state index in [1.54, 1.807) is 54.6 Å². The van der Waals surface area contributed by atoms with E-state index in [1.807, 2.05) is 32.0 Å². The molecule has 0 fully saturated rings. The van der Waals surface area contributed by atoms with E-state index in [-0.39, 0.29) is 11.7 Å². The summed E-state index contributed by atoms with van der Waals surface area (Å²) in [6.45, 7) is 4.08. The van der Waals surface area contributed by atoms with Crippen molar-refractivity contribution in [3.8, 4) is 17.2 Å². The average molecular weight is 468 g/mol. The van der Waals surface area contributed by atoms with E-state index in [2.05, 4.69) is 27.2 Å². The molecule has 7 heteroatoms. The molecule has 176 valence electrons. The molecule has 4 aromatic rings. The van der Waals surface area contributed by atoms with Crippen LogP contribution >= 0.6 is 0 Å². The lowest BCUT2D eigenvalue weighted by molar-refractivity contribution is 0.0729. The lowest BCUT2D eigenvalue weighted by Gasteiger charge is -2.10. The Balaban J connectivity index is 1.40. The van der Waals surface area contributed by atoms with Gasteiger partial charge in [0.15, 0.2) is 11.5 Å². The first-order valence-corrected chi connectivity index (χ1v) is 11.0. The zero-order valence-electron chi connectivity index (χ0n) is 19.7. The van der Waals surface area contributed by atoms with Gasteiger partial charge in [-0.2, -0.15) is 5.10 Å². The Hall–Kier alpha value is -4.65. The number of nitrogens with one attached hydrogen (secondary N) is 1. The topological polar surface area (TPSA) is 81.9 Å². The third kappa shape index (κ3) is 5.47. The van der Waals surface area contributed by atoms with Crippen LogP contribution in [0.15, 0.2) is 90.0 Å². The number of amides is 1. The summed E-state index contributed by atoms with van der Waals surface area (Å²) in [7, 11) is 1.48. The van der Waals surface area contributed by atoms with Gasteiger partial charge in [-0.3, -0.25) is 4.79 Å². The second-order valence-corrected chi connectivity index (χ2v) is 7.86. The molecule has 0 spiro atoms. The maximum atomic E-state index is 12.5. The van der Waals surface area contributed by atoms with Gasteiger partial charge < -0.3 is 14.0 Å². The van der Waals surface area contributed by atoms with Gasteiger partial charge in [0, 0.05) is 22.6 Å². The van der Waals surface area contributed by atoms with Crippen molar-refractivity contribution in [2.24, 2.45) is 5.10 Å². The fraction of sp³-hybridized carbons (Fsp3) is 0.107. The summed E-state index contributed by atoms with van der Waals surface area (Å²) < 4.78 is 12.9. The van der Waals surface area contributed by atoms with E-state index >= 15 is 0 Å². The Morgan fingerprint density at radius 2 is 1.51 bits per heavy atom.